The minimum absolute atomic E-state index is 0. The topological polar surface area (TPSA) is 91.9 Å². The predicted octanol–water partition coefficient (Wildman–Crippen LogP) is 3.94. The number of alkyl halides is 3. The number of hydrogen-bond donors (Lipinski definition) is 1. The lowest BCUT2D eigenvalue weighted by molar-refractivity contribution is -0.132. The van der Waals surface area contributed by atoms with Gasteiger partial charge in [-0.05, 0) is 24.6 Å². The summed E-state index contributed by atoms with van der Waals surface area (Å²) in [5, 5.41) is 0. The monoisotopic (exact) mass is 495 g/mol. The van der Waals surface area contributed by atoms with Gasteiger partial charge in [-0.25, -0.2) is 4.99 Å². The standard InChI is InChI=1S/C22H26F3N5O2.C2H6.CH4/c1-17(22(23,24)25)14-18(21(32)28-16-26)6-3-5-9-29-10-12-30(13-11-29)20(31)15-19-7-2-4-8-27-19;1-2;/h2-5,7-8,14,16H,1,6,9-13,15H2,(H2,26,28,32);1-2H3;1H4/b5-3-,18-14+;;. The lowest BCUT2D eigenvalue weighted by atomic mass is 10.1. The van der Waals surface area contributed by atoms with E-state index in [1.807, 2.05) is 26.0 Å². The number of aliphatic imine (C=N–C) groups is 1. The first-order chi connectivity index (χ1) is 16.2. The van der Waals surface area contributed by atoms with E-state index < -0.39 is 17.7 Å². The van der Waals surface area contributed by atoms with Gasteiger partial charge in [-0.2, -0.15) is 13.2 Å². The van der Waals surface area contributed by atoms with E-state index in [9.17, 15) is 22.8 Å². The number of aromatic nitrogens is 1. The highest BCUT2D eigenvalue weighted by molar-refractivity contribution is 5.98. The molecule has 2 rings (SSSR count). The van der Waals surface area contributed by atoms with Crippen LogP contribution in [0.15, 0.2) is 65.3 Å². The van der Waals surface area contributed by atoms with Gasteiger partial charge in [0.2, 0.25) is 5.91 Å². The van der Waals surface area contributed by atoms with Gasteiger partial charge in [0.25, 0.3) is 5.91 Å². The van der Waals surface area contributed by atoms with Crippen LogP contribution in [0.25, 0.3) is 0 Å². The van der Waals surface area contributed by atoms with Gasteiger partial charge in [0.05, 0.1) is 12.8 Å². The van der Waals surface area contributed by atoms with Crippen molar-refractivity contribution in [3.05, 3.63) is 66.0 Å². The second-order valence-electron chi connectivity index (χ2n) is 7.13. The normalized spacial score (nSPS) is 14.9. The van der Waals surface area contributed by atoms with Gasteiger partial charge in [-0.15, -0.1) is 0 Å². The van der Waals surface area contributed by atoms with E-state index in [1.54, 1.807) is 29.3 Å². The van der Waals surface area contributed by atoms with Gasteiger partial charge in [0.15, 0.2) is 0 Å². The van der Waals surface area contributed by atoms with Crippen LogP contribution in [0.3, 0.4) is 0 Å². The Kier molecular flexibility index (Phi) is 14.8. The van der Waals surface area contributed by atoms with Crippen LogP contribution in [0.1, 0.15) is 33.4 Å². The zero-order valence-electron chi connectivity index (χ0n) is 19.6. The quantitative estimate of drug-likeness (QED) is 0.194. The molecule has 1 aromatic heterocycles. The van der Waals surface area contributed by atoms with Crippen LogP contribution in [-0.4, -0.2) is 71.8 Å². The predicted molar refractivity (Wildman–Crippen MR) is 134 cm³/mol. The summed E-state index contributed by atoms with van der Waals surface area (Å²) in [5.74, 6) is -0.819. The second-order valence-corrected chi connectivity index (χ2v) is 7.13. The molecule has 2 heterocycles. The minimum atomic E-state index is -4.63. The number of allylic oxidation sites excluding steroid dienone is 3. The summed E-state index contributed by atoms with van der Waals surface area (Å²) in [5.41, 5.74) is 4.51. The molecule has 0 spiro atoms. The van der Waals surface area contributed by atoms with Crippen LogP contribution in [0.2, 0.25) is 0 Å². The van der Waals surface area contributed by atoms with Crippen LogP contribution >= 0.6 is 0 Å². The third-order valence-electron chi connectivity index (χ3n) is 4.83. The number of rotatable bonds is 8. The van der Waals surface area contributed by atoms with Crippen molar-refractivity contribution < 1.29 is 22.8 Å². The van der Waals surface area contributed by atoms with E-state index in [0.717, 1.165) is 12.0 Å². The summed E-state index contributed by atoms with van der Waals surface area (Å²) in [6, 6.07) is 5.46. The molecule has 1 aromatic rings. The smallest absolute Gasteiger partial charge is 0.390 e. The van der Waals surface area contributed by atoms with Gasteiger partial charge < -0.3 is 10.6 Å². The lowest BCUT2D eigenvalue weighted by Gasteiger charge is -2.34. The molecule has 1 aliphatic rings. The highest BCUT2D eigenvalue weighted by Crippen LogP contribution is 2.26. The molecule has 0 unspecified atom stereocenters. The highest BCUT2D eigenvalue weighted by atomic mass is 19.4. The number of nitrogens with zero attached hydrogens (tertiary/aromatic N) is 4. The average molecular weight is 496 g/mol. The van der Waals surface area contributed by atoms with E-state index in [2.05, 4.69) is 21.5 Å². The first-order valence-electron chi connectivity index (χ1n) is 11.0. The lowest BCUT2D eigenvalue weighted by Crippen LogP contribution is -2.49. The largest absolute Gasteiger partial charge is 0.415 e. The van der Waals surface area contributed by atoms with Gasteiger partial charge in [0.1, 0.15) is 0 Å². The van der Waals surface area contributed by atoms with Crippen LogP contribution in [0, 0.1) is 0 Å². The molecule has 10 heteroatoms. The highest BCUT2D eigenvalue weighted by Gasteiger charge is 2.31. The van der Waals surface area contributed by atoms with E-state index >= 15 is 0 Å². The third-order valence-corrected chi connectivity index (χ3v) is 4.83. The molecule has 35 heavy (non-hydrogen) atoms. The maximum absolute atomic E-state index is 12.7. The minimum Gasteiger partial charge on any atom is -0.390 e. The number of carbonyl (C=O) groups is 2. The summed E-state index contributed by atoms with van der Waals surface area (Å²) in [4.78, 5) is 35.7. The Balaban J connectivity index is 0.00000375. The molecule has 0 aliphatic carbocycles. The molecule has 7 nitrogen and oxygen atoms in total. The fraction of sp³-hybridized carbons (Fsp3) is 0.440. The number of carbonyl (C=O) groups excluding carboxylic acids is 2. The van der Waals surface area contributed by atoms with Crippen molar-refractivity contribution in [1.82, 2.24) is 14.8 Å². The molecule has 2 amide bonds. The van der Waals surface area contributed by atoms with Crippen LogP contribution in [0.5, 0.6) is 0 Å². The number of piperazine rings is 1. The van der Waals surface area contributed by atoms with Gasteiger partial charge in [0, 0.05) is 55.8 Å². The molecular formula is C25H36F3N5O2. The van der Waals surface area contributed by atoms with E-state index in [0.29, 0.717) is 38.8 Å². The molecule has 1 fully saturated rings. The number of nitrogens with two attached hydrogens (primary N) is 1. The van der Waals surface area contributed by atoms with Crippen molar-refractivity contribution >= 4 is 18.2 Å². The first-order valence-corrected chi connectivity index (χ1v) is 11.0. The number of hydrogen-bond acceptors (Lipinski definition) is 4. The molecule has 1 saturated heterocycles. The number of pyridine rings is 1. The van der Waals surface area contributed by atoms with Crippen molar-refractivity contribution in [2.24, 2.45) is 10.7 Å². The summed E-state index contributed by atoms with van der Waals surface area (Å²) < 4.78 is 38.2. The maximum atomic E-state index is 12.7. The van der Waals surface area contributed by atoms with Crippen molar-refractivity contribution in [2.75, 3.05) is 32.7 Å². The summed E-state index contributed by atoms with van der Waals surface area (Å²) in [6.45, 7) is 10.0. The number of halogens is 3. The van der Waals surface area contributed by atoms with Crippen LogP contribution in [-0.2, 0) is 16.0 Å². The van der Waals surface area contributed by atoms with Gasteiger partial charge in [-0.1, -0.05) is 46.1 Å². The zero-order chi connectivity index (χ0) is 25.6. The van der Waals surface area contributed by atoms with Gasteiger partial charge in [-0.3, -0.25) is 19.5 Å². The molecular weight excluding hydrogens is 459 g/mol. The van der Waals surface area contributed by atoms with E-state index in [1.165, 1.54) is 0 Å². The van der Waals surface area contributed by atoms with Gasteiger partial charge >= 0.3 is 6.18 Å². The summed E-state index contributed by atoms with van der Waals surface area (Å²) in [6.07, 6.45) is 2.06. The number of amides is 2. The third kappa shape index (κ3) is 11.6. The van der Waals surface area contributed by atoms with E-state index in [4.69, 9.17) is 5.73 Å². The van der Waals surface area contributed by atoms with Crippen molar-refractivity contribution in [1.29, 1.82) is 0 Å². The Morgan fingerprint density at radius 3 is 2.37 bits per heavy atom. The summed E-state index contributed by atoms with van der Waals surface area (Å²) in [7, 11) is 0. The molecule has 0 bridgehead atoms. The molecule has 0 aromatic carbocycles. The SMILES string of the molecule is C.C=C(/C=C(\C/C=C\CN1CCN(C(=O)Cc2ccccn2)CC1)C(=O)N=CN)C(F)(F)F.CC. The maximum Gasteiger partial charge on any atom is 0.415 e. The van der Waals surface area contributed by atoms with Crippen molar-refractivity contribution in [3.63, 3.8) is 0 Å². The Morgan fingerprint density at radius 2 is 1.83 bits per heavy atom. The molecule has 0 atom stereocenters. The van der Waals surface area contributed by atoms with Crippen LogP contribution < -0.4 is 5.73 Å². The van der Waals surface area contributed by atoms with Crippen molar-refractivity contribution in [3.8, 4) is 0 Å². The van der Waals surface area contributed by atoms with Crippen LogP contribution in [0.4, 0.5) is 13.2 Å². The first kappa shape index (κ1) is 31.7. The average Bonchev–Trinajstić information content (AvgIpc) is 2.82. The molecule has 1 aliphatic heterocycles. The summed E-state index contributed by atoms with van der Waals surface area (Å²) >= 11 is 0. The Labute approximate surface area is 205 Å². The van der Waals surface area contributed by atoms with Crippen molar-refractivity contribution in [2.45, 2.75) is 40.3 Å². The second kappa shape index (κ2) is 16.4. The fourth-order valence-electron chi connectivity index (χ4n) is 3.03. The zero-order valence-corrected chi connectivity index (χ0v) is 19.6. The Hall–Kier alpha value is -3.27. The molecule has 194 valence electrons. The Morgan fingerprint density at radius 1 is 1.17 bits per heavy atom. The van der Waals surface area contributed by atoms with E-state index in [-0.39, 0.29) is 31.7 Å². The molecule has 2 N–H and O–H groups in total. The Bertz CT molecular complexity index is 888. The fourth-order valence-corrected chi connectivity index (χ4v) is 3.03. The molecule has 0 radical (unpaired) electrons. The molecule has 0 saturated carbocycles.